The molecule has 0 bridgehead atoms. The number of aryl methyl sites for hydroxylation is 1. The lowest BCUT2D eigenvalue weighted by Crippen LogP contribution is -2.17. The zero-order valence-corrected chi connectivity index (χ0v) is 16.6. The van der Waals surface area contributed by atoms with Crippen LogP contribution in [0.5, 0.6) is 0 Å². The largest absolute Gasteiger partial charge is 0.478 e. The summed E-state index contributed by atoms with van der Waals surface area (Å²) >= 11 is 3.64. The predicted molar refractivity (Wildman–Crippen MR) is 108 cm³/mol. The van der Waals surface area contributed by atoms with E-state index < -0.39 is 0 Å². The topological polar surface area (TPSA) is 21.6 Å². The molecular weight excluding hydrogens is 374 g/mol. The van der Waals surface area contributed by atoms with Crippen molar-refractivity contribution in [3.8, 4) is 0 Å². The van der Waals surface area contributed by atoms with Crippen LogP contribution in [0.15, 0.2) is 64.1 Å². The summed E-state index contributed by atoms with van der Waals surface area (Å²) in [5, 5.41) is 0. The molecular formula is C22H26BrNO. The minimum atomic E-state index is -0.0999. The van der Waals surface area contributed by atoms with Gasteiger partial charge in [0.2, 0.25) is 0 Å². The lowest BCUT2D eigenvalue weighted by molar-refractivity contribution is 0.269. The molecule has 2 aromatic carbocycles. The minimum Gasteiger partial charge on any atom is -0.478 e. The van der Waals surface area contributed by atoms with Crippen LogP contribution in [-0.2, 0) is 11.2 Å². The number of hydrogen-bond acceptors (Lipinski definition) is 2. The van der Waals surface area contributed by atoms with Crippen LogP contribution < -0.4 is 0 Å². The van der Waals surface area contributed by atoms with Gasteiger partial charge in [0.1, 0.15) is 6.61 Å². The summed E-state index contributed by atoms with van der Waals surface area (Å²) in [5.41, 5.74) is 2.59. The van der Waals surface area contributed by atoms with Crippen LogP contribution in [0.1, 0.15) is 50.2 Å². The van der Waals surface area contributed by atoms with E-state index in [0.717, 1.165) is 25.2 Å². The van der Waals surface area contributed by atoms with Gasteiger partial charge >= 0.3 is 0 Å². The highest BCUT2D eigenvalue weighted by Gasteiger charge is 2.31. The van der Waals surface area contributed by atoms with E-state index >= 15 is 0 Å². The molecule has 2 nitrogen and oxygen atoms in total. The molecule has 1 aliphatic heterocycles. The molecule has 0 saturated carbocycles. The number of hydrogen-bond donors (Lipinski definition) is 0. The van der Waals surface area contributed by atoms with E-state index in [1.807, 2.05) is 0 Å². The van der Waals surface area contributed by atoms with Crippen LogP contribution in [0, 0.1) is 0 Å². The first-order valence-electron chi connectivity index (χ1n) is 9.06. The van der Waals surface area contributed by atoms with Gasteiger partial charge < -0.3 is 4.74 Å². The molecule has 0 fully saturated rings. The number of rotatable bonds is 7. The molecule has 3 heteroatoms. The minimum absolute atomic E-state index is 0.0999. The van der Waals surface area contributed by atoms with Crippen LogP contribution in [0.25, 0.3) is 0 Å². The number of benzene rings is 2. The highest BCUT2D eigenvalue weighted by atomic mass is 79.9. The molecule has 0 radical (unpaired) electrons. The molecule has 0 spiro atoms. The van der Waals surface area contributed by atoms with Crippen molar-refractivity contribution >= 4 is 21.8 Å². The van der Waals surface area contributed by atoms with Crippen LogP contribution in [0.3, 0.4) is 0 Å². The van der Waals surface area contributed by atoms with Gasteiger partial charge in [-0.05, 0) is 50.3 Å². The molecule has 2 aromatic rings. The summed E-state index contributed by atoms with van der Waals surface area (Å²) < 4.78 is 7.17. The van der Waals surface area contributed by atoms with E-state index in [2.05, 4.69) is 84.4 Å². The molecule has 25 heavy (non-hydrogen) atoms. The lowest BCUT2D eigenvalue weighted by atomic mass is 9.92. The SMILES string of the molecule is CC1(C)COC(C(CCCCc2ccccc2Br)c2ccccc2)=N1. The third kappa shape index (κ3) is 4.94. The Morgan fingerprint density at radius 2 is 1.76 bits per heavy atom. The first kappa shape index (κ1) is 18.2. The quantitative estimate of drug-likeness (QED) is 0.511. The molecule has 1 unspecified atom stereocenters. The average molecular weight is 400 g/mol. The van der Waals surface area contributed by atoms with E-state index in [1.54, 1.807) is 0 Å². The second-order valence-corrected chi connectivity index (χ2v) is 8.21. The molecule has 0 amide bonds. The number of unbranched alkanes of at least 4 members (excludes halogenated alkanes) is 1. The van der Waals surface area contributed by atoms with Crippen LogP contribution in [-0.4, -0.2) is 18.0 Å². The standard InChI is InChI=1S/C22H26BrNO/c1-22(2)16-25-21(24-22)19(17-10-4-3-5-11-17)14-8-6-12-18-13-7-9-15-20(18)23/h3-5,7,9-11,13,15,19H,6,8,12,14,16H2,1-2H3. The van der Waals surface area contributed by atoms with Gasteiger partial charge in [-0.15, -0.1) is 0 Å². The Bertz CT molecular complexity index is 724. The molecule has 0 aromatic heterocycles. The van der Waals surface area contributed by atoms with E-state index in [1.165, 1.54) is 22.0 Å². The van der Waals surface area contributed by atoms with Crippen LogP contribution in [0.4, 0.5) is 0 Å². The highest BCUT2D eigenvalue weighted by molar-refractivity contribution is 9.10. The highest BCUT2D eigenvalue weighted by Crippen LogP contribution is 2.30. The zero-order chi connectivity index (χ0) is 17.7. The van der Waals surface area contributed by atoms with Gasteiger partial charge in [-0.1, -0.05) is 70.9 Å². The molecule has 1 heterocycles. The van der Waals surface area contributed by atoms with Crippen molar-refractivity contribution in [2.45, 2.75) is 51.0 Å². The maximum atomic E-state index is 5.96. The van der Waals surface area contributed by atoms with Crippen molar-refractivity contribution < 1.29 is 4.74 Å². The predicted octanol–water partition coefficient (Wildman–Crippen LogP) is 6.15. The second-order valence-electron chi connectivity index (χ2n) is 7.35. The molecule has 0 N–H and O–H groups in total. The molecule has 3 rings (SSSR count). The summed E-state index contributed by atoms with van der Waals surface area (Å²) in [7, 11) is 0. The normalized spacial score (nSPS) is 17.0. The van der Waals surface area contributed by atoms with Crippen molar-refractivity contribution in [2.24, 2.45) is 4.99 Å². The molecule has 0 saturated heterocycles. The third-order valence-corrected chi connectivity index (χ3v) is 5.41. The number of aliphatic imine (C=N–C) groups is 1. The Hall–Kier alpha value is -1.61. The smallest absolute Gasteiger partial charge is 0.191 e. The van der Waals surface area contributed by atoms with Gasteiger partial charge in [0.05, 0.1) is 11.5 Å². The Balaban J connectivity index is 1.64. The summed E-state index contributed by atoms with van der Waals surface area (Å²) in [6.07, 6.45) is 4.50. The number of nitrogens with zero attached hydrogens (tertiary/aromatic N) is 1. The Morgan fingerprint density at radius 1 is 1.04 bits per heavy atom. The van der Waals surface area contributed by atoms with Crippen molar-refractivity contribution in [1.29, 1.82) is 0 Å². The number of ether oxygens (including phenoxy) is 1. The van der Waals surface area contributed by atoms with E-state index in [4.69, 9.17) is 9.73 Å². The second kappa shape index (κ2) is 8.18. The third-order valence-electron chi connectivity index (χ3n) is 4.63. The van der Waals surface area contributed by atoms with E-state index in [0.29, 0.717) is 6.61 Å². The zero-order valence-electron chi connectivity index (χ0n) is 15.0. The fourth-order valence-electron chi connectivity index (χ4n) is 3.28. The first-order valence-corrected chi connectivity index (χ1v) is 9.85. The maximum absolute atomic E-state index is 5.96. The fourth-order valence-corrected chi connectivity index (χ4v) is 3.76. The van der Waals surface area contributed by atoms with Crippen molar-refractivity contribution in [1.82, 2.24) is 0 Å². The molecule has 132 valence electrons. The molecule has 0 aliphatic carbocycles. The average Bonchev–Trinajstić information content (AvgIpc) is 2.97. The van der Waals surface area contributed by atoms with Gasteiger partial charge in [-0.3, -0.25) is 0 Å². The van der Waals surface area contributed by atoms with Crippen LogP contribution in [0.2, 0.25) is 0 Å². The summed E-state index contributed by atoms with van der Waals surface area (Å²) in [4.78, 5) is 4.84. The van der Waals surface area contributed by atoms with Gasteiger partial charge in [-0.25, -0.2) is 4.99 Å². The van der Waals surface area contributed by atoms with Crippen molar-refractivity contribution in [2.75, 3.05) is 6.61 Å². The van der Waals surface area contributed by atoms with Crippen molar-refractivity contribution in [3.63, 3.8) is 0 Å². The Kier molecular flexibility index (Phi) is 5.95. The van der Waals surface area contributed by atoms with Gasteiger partial charge in [0.15, 0.2) is 5.90 Å². The maximum Gasteiger partial charge on any atom is 0.191 e. The van der Waals surface area contributed by atoms with E-state index in [-0.39, 0.29) is 11.5 Å². The van der Waals surface area contributed by atoms with Gasteiger partial charge in [0, 0.05) is 4.47 Å². The number of halogens is 1. The van der Waals surface area contributed by atoms with Crippen molar-refractivity contribution in [3.05, 3.63) is 70.2 Å². The lowest BCUT2D eigenvalue weighted by Gasteiger charge is -2.17. The monoisotopic (exact) mass is 399 g/mol. The summed E-state index contributed by atoms with van der Waals surface area (Å²) in [6.45, 7) is 4.95. The fraction of sp³-hybridized carbons (Fsp3) is 0.409. The molecule has 1 atom stereocenters. The first-order chi connectivity index (χ1) is 12.1. The summed E-state index contributed by atoms with van der Waals surface area (Å²) in [6, 6.07) is 19.1. The van der Waals surface area contributed by atoms with Crippen LogP contribution >= 0.6 is 15.9 Å². The Morgan fingerprint density at radius 3 is 2.44 bits per heavy atom. The van der Waals surface area contributed by atoms with E-state index in [9.17, 15) is 0 Å². The van der Waals surface area contributed by atoms with Gasteiger partial charge in [-0.2, -0.15) is 0 Å². The van der Waals surface area contributed by atoms with Gasteiger partial charge in [0.25, 0.3) is 0 Å². The Labute approximate surface area is 159 Å². The summed E-state index contributed by atoms with van der Waals surface area (Å²) in [5.74, 6) is 1.18. The molecule has 1 aliphatic rings.